The highest BCUT2D eigenvalue weighted by atomic mass is 16.6. The van der Waals surface area contributed by atoms with E-state index in [-0.39, 0.29) is 0 Å². The Morgan fingerprint density at radius 1 is 1.40 bits per heavy atom. The number of rotatable bonds is 4. The topological polar surface area (TPSA) is 39.1 Å². The lowest BCUT2D eigenvalue weighted by molar-refractivity contribution is 0.0842. The lowest BCUT2D eigenvalue weighted by atomic mass is 10.3. The summed E-state index contributed by atoms with van der Waals surface area (Å²) in [5, 5.41) is 0. The zero-order valence-corrected chi connectivity index (χ0v) is 9.03. The lowest BCUT2D eigenvalue weighted by Crippen LogP contribution is -2.15. The number of hydrogen-bond acceptors (Lipinski definition) is 3. The van der Waals surface area contributed by atoms with Crippen molar-refractivity contribution in [1.29, 1.82) is 0 Å². The Hall–Kier alpha value is -1.39. The number of nitrogens with one attached hydrogen (secondary N) is 1. The van der Waals surface area contributed by atoms with Crippen LogP contribution in [0, 0.1) is 0 Å². The molecule has 0 spiro atoms. The van der Waals surface area contributed by atoms with E-state index in [1.54, 1.807) is 7.11 Å². The number of aromatic nitrogens is 2. The van der Waals surface area contributed by atoms with Crippen molar-refractivity contribution in [2.75, 3.05) is 7.11 Å². The number of hydroxylamine groups is 1. The van der Waals surface area contributed by atoms with Crippen molar-refractivity contribution in [3.63, 3.8) is 0 Å². The molecular formula is C11H15N3O. The van der Waals surface area contributed by atoms with Gasteiger partial charge in [-0.15, -0.1) is 0 Å². The van der Waals surface area contributed by atoms with E-state index >= 15 is 0 Å². The van der Waals surface area contributed by atoms with Crippen molar-refractivity contribution in [3.05, 3.63) is 30.1 Å². The summed E-state index contributed by atoms with van der Waals surface area (Å²) in [6, 6.07) is 8.15. The van der Waals surface area contributed by atoms with Crippen molar-refractivity contribution < 1.29 is 4.84 Å². The van der Waals surface area contributed by atoms with E-state index in [1.807, 2.05) is 18.2 Å². The Bertz CT molecular complexity index is 450. The molecule has 15 heavy (non-hydrogen) atoms. The first kappa shape index (κ1) is 10.1. The second kappa shape index (κ2) is 4.42. The molecule has 4 heteroatoms. The van der Waals surface area contributed by atoms with Crippen LogP contribution in [0.4, 0.5) is 0 Å². The van der Waals surface area contributed by atoms with Gasteiger partial charge in [-0.3, -0.25) is 0 Å². The van der Waals surface area contributed by atoms with Crippen molar-refractivity contribution >= 4 is 11.0 Å². The standard InChI is InChI=1S/C11H15N3O/c1-3-14-10-7-5-4-6-9(10)13-11(14)8-12-15-2/h4-7,12H,3,8H2,1-2H3. The average molecular weight is 205 g/mol. The van der Waals surface area contributed by atoms with Gasteiger partial charge in [0.05, 0.1) is 24.7 Å². The van der Waals surface area contributed by atoms with Crippen LogP contribution >= 0.6 is 0 Å². The number of fused-ring (bicyclic) bond motifs is 1. The number of aryl methyl sites for hydroxylation is 1. The van der Waals surface area contributed by atoms with Gasteiger partial charge >= 0.3 is 0 Å². The third kappa shape index (κ3) is 1.86. The first-order chi connectivity index (χ1) is 7.36. The maximum atomic E-state index is 4.84. The summed E-state index contributed by atoms with van der Waals surface area (Å²) in [6.45, 7) is 3.66. The molecule has 0 aliphatic heterocycles. The molecule has 2 rings (SSSR count). The van der Waals surface area contributed by atoms with E-state index in [0.29, 0.717) is 6.54 Å². The van der Waals surface area contributed by atoms with Crippen molar-refractivity contribution in [2.24, 2.45) is 0 Å². The van der Waals surface area contributed by atoms with Gasteiger partial charge in [0, 0.05) is 6.54 Å². The van der Waals surface area contributed by atoms with Gasteiger partial charge in [0.2, 0.25) is 0 Å². The molecule has 0 aliphatic carbocycles. The number of nitrogens with zero attached hydrogens (tertiary/aromatic N) is 2. The second-order valence-corrected chi connectivity index (χ2v) is 3.29. The van der Waals surface area contributed by atoms with Crippen molar-refractivity contribution in [3.8, 4) is 0 Å². The summed E-state index contributed by atoms with van der Waals surface area (Å²) in [5.41, 5.74) is 5.03. The zero-order chi connectivity index (χ0) is 10.7. The van der Waals surface area contributed by atoms with Crippen LogP contribution in [0.1, 0.15) is 12.7 Å². The predicted molar refractivity (Wildman–Crippen MR) is 59.3 cm³/mol. The van der Waals surface area contributed by atoms with E-state index in [2.05, 4.69) is 28.0 Å². The highest BCUT2D eigenvalue weighted by Crippen LogP contribution is 2.15. The normalized spacial score (nSPS) is 11.1. The van der Waals surface area contributed by atoms with Crippen LogP contribution in [0.3, 0.4) is 0 Å². The number of hydrogen-bond donors (Lipinski definition) is 1. The summed E-state index contributed by atoms with van der Waals surface area (Å²) in [6.07, 6.45) is 0. The minimum atomic E-state index is 0.624. The summed E-state index contributed by atoms with van der Waals surface area (Å²) >= 11 is 0. The molecule has 0 aliphatic rings. The van der Waals surface area contributed by atoms with E-state index < -0.39 is 0 Å². The summed E-state index contributed by atoms with van der Waals surface area (Å²) in [5.74, 6) is 1.00. The Morgan fingerprint density at radius 3 is 2.93 bits per heavy atom. The van der Waals surface area contributed by atoms with Crippen LogP contribution in [0.5, 0.6) is 0 Å². The van der Waals surface area contributed by atoms with Gasteiger partial charge in [0.25, 0.3) is 0 Å². The fraction of sp³-hybridized carbons (Fsp3) is 0.364. The van der Waals surface area contributed by atoms with Gasteiger partial charge in [-0.25, -0.2) is 4.98 Å². The molecule has 1 heterocycles. The average Bonchev–Trinajstić information content (AvgIpc) is 2.63. The van der Waals surface area contributed by atoms with Crippen molar-refractivity contribution in [2.45, 2.75) is 20.0 Å². The van der Waals surface area contributed by atoms with Gasteiger partial charge in [-0.05, 0) is 19.1 Å². The SMILES string of the molecule is CCn1c(CNOC)nc2ccccc21. The number of benzene rings is 1. The van der Waals surface area contributed by atoms with E-state index in [4.69, 9.17) is 4.84 Å². The molecule has 0 radical (unpaired) electrons. The third-order valence-electron chi connectivity index (χ3n) is 2.42. The van der Waals surface area contributed by atoms with Gasteiger partial charge in [0.1, 0.15) is 5.82 Å². The van der Waals surface area contributed by atoms with Crippen LogP contribution in [0.2, 0.25) is 0 Å². The molecule has 0 bridgehead atoms. The lowest BCUT2D eigenvalue weighted by Gasteiger charge is -2.05. The van der Waals surface area contributed by atoms with E-state index in [0.717, 1.165) is 17.9 Å². The maximum absolute atomic E-state index is 4.84. The van der Waals surface area contributed by atoms with E-state index in [1.165, 1.54) is 5.52 Å². The monoisotopic (exact) mass is 205 g/mol. The molecule has 0 saturated carbocycles. The molecular weight excluding hydrogens is 190 g/mol. The molecule has 0 atom stereocenters. The zero-order valence-electron chi connectivity index (χ0n) is 9.03. The largest absolute Gasteiger partial charge is 0.327 e. The van der Waals surface area contributed by atoms with Crippen molar-refractivity contribution in [1.82, 2.24) is 15.0 Å². The fourth-order valence-electron chi connectivity index (χ4n) is 1.75. The minimum Gasteiger partial charge on any atom is -0.327 e. The Labute approximate surface area is 88.8 Å². The van der Waals surface area contributed by atoms with Gasteiger partial charge in [-0.2, -0.15) is 5.48 Å². The molecule has 0 fully saturated rings. The Balaban J connectivity index is 2.44. The highest BCUT2D eigenvalue weighted by Gasteiger charge is 2.07. The Morgan fingerprint density at radius 2 is 2.20 bits per heavy atom. The fourth-order valence-corrected chi connectivity index (χ4v) is 1.75. The summed E-state index contributed by atoms with van der Waals surface area (Å²) in [4.78, 5) is 9.38. The van der Waals surface area contributed by atoms with Crippen LogP contribution in [-0.4, -0.2) is 16.7 Å². The molecule has 1 aromatic heterocycles. The van der Waals surface area contributed by atoms with E-state index in [9.17, 15) is 0 Å². The summed E-state index contributed by atoms with van der Waals surface area (Å²) < 4.78 is 2.18. The molecule has 4 nitrogen and oxygen atoms in total. The minimum absolute atomic E-state index is 0.624. The molecule has 1 N–H and O–H groups in total. The predicted octanol–water partition coefficient (Wildman–Crippen LogP) is 1.71. The van der Waals surface area contributed by atoms with Crippen LogP contribution < -0.4 is 5.48 Å². The first-order valence-corrected chi connectivity index (χ1v) is 5.06. The molecule has 0 unspecified atom stereocenters. The van der Waals surface area contributed by atoms with Gasteiger partial charge in [0.15, 0.2) is 0 Å². The van der Waals surface area contributed by atoms with Crippen LogP contribution in [0.25, 0.3) is 11.0 Å². The van der Waals surface area contributed by atoms with Crippen LogP contribution in [0.15, 0.2) is 24.3 Å². The smallest absolute Gasteiger partial charge is 0.126 e. The van der Waals surface area contributed by atoms with Gasteiger partial charge in [-0.1, -0.05) is 12.1 Å². The third-order valence-corrected chi connectivity index (χ3v) is 2.42. The highest BCUT2D eigenvalue weighted by molar-refractivity contribution is 5.75. The first-order valence-electron chi connectivity index (χ1n) is 5.06. The molecule has 2 aromatic rings. The second-order valence-electron chi connectivity index (χ2n) is 3.29. The Kier molecular flexibility index (Phi) is 2.99. The quantitative estimate of drug-likeness (QED) is 0.772. The number of imidazole rings is 1. The summed E-state index contributed by atoms with van der Waals surface area (Å²) in [7, 11) is 1.61. The number of para-hydroxylation sites is 2. The van der Waals surface area contributed by atoms with Gasteiger partial charge < -0.3 is 9.40 Å². The maximum Gasteiger partial charge on any atom is 0.126 e. The molecule has 0 saturated heterocycles. The van der Waals surface area contributed by atoms with Crippen LogP contribution in [-0.2, 0) is 17.9 Å². The molecule has 0 amide bonds. The molecule has 1 aromatic carbocycles. The molecule has 80 valence electrons.